The van der Waals surface area contributed by atoms with Crippen molar-refractivity contribution in [1.82, 2.24) is 4.98 Å². The van der Waals surface area contributed by atoms with Gasteiger partial charge in [0.1, 0.15) is 23.7 Å². The third-order valence-electron chi connectivity index (χ3n) is 5.18. The van der Waals surface area contributed by atoms with Crippen LogP contribution in [0.3, 0.4) is 0 Å². The Hall–Kier alpha value is -3.67. The molecule has 2 aromatic carbocycles. The topological polar surface area (TPSA) is 91.5 Å². The molecule has 1 aromatic heterocycles. The molecule has 0 radical (unpaired) electrons. The Morgan fingerprint density at radius 2 is 1.83 bits per heavy atom. The standard InChI is InChI=1S/C24H22N2O4/c1-2-18-13-21(27)20-8-7-19(14-22(20)29-18)30-23(16-9-11-26-12-10-16)15-3-5-17(6-4-15)24(25)28/h3-12,14,18,23H,2,13H2,1H3,(H2,25,28). The predicted molar refractivity (Wildman–Crippen MR) is 112 cm³/mol. The lowest BCUT2D eigenvalue weighted by Gasteiger charge is -2.26. The first-order valence-electron chi connectivity index (χ1n) is 9.85. The maximum absolute atomic E-state index is 12.4. The summed E-state index contributed by atoms with van der Waals surface area (Å²) in [5, 5.41) is 0. The SMILES string of the molecule is CCC1CC(=O)c2ccc(OC(c3ccncc3)c3ccc(C(N)=O)cc3)cc2O1. The van der Waals surface area contributed by atoms with Crippen LogP contribution in [0, 0.1) is 0 Å². The van der Waals surface area contributed by atoms with Gasteiger partial charge in [0.05, 0.1) is 5.56 Å². The summed E-state index contributed by atoms with van der Waals surface area (Å²) in [4.78, 5) is 27.8. The molecule has 2 N–H and O–H groups in total. The summed E-state index contributed by atoms with van der Waals surface area (Å²) >= 11 is 0. The van der Waals surface area contributed by atoms with Gasteiger partial charge >= 0.3 is 0 Å². The molecule has 1 amide bonds. The molecule has 0 saturated heterocycles. The fourth-order valence-corrected chi connectivity index (χ4v) is 3.49. The van der Waals surface area contributed by atoms with E-state index in [1.807, 2.05) is 31.2 Å². The number of nitrogens with two attached hydrogens (primary N) is 1. The third kappa shape index (κ3) is 4.03. The summed E-state index contributed by atoms with van der Waals surface area (Å²) in [6, 6.07) is 16.0. The minimum Gasteiger partial charge on any atom is -0.489 e. The van der Waals surface area contributed by atoms with E-state index in [2.05, 4.69) is 4.98 Å². The molecule has 30 heavy (non-hydrogen) atoms. The summed E-state index contributed by atoms with van der Waals surface area (Å²) < 4.78 is 12.3. The van der Waals surface area contributed by atoms with Gasteiger partial charge in [-0.05, 0) is 53.9 Å². The van der Waals surface area contributed by atoms with Crippen LogP contribution in [0.5, 0.6) is 11.5 Å². The van der Waals surface area contributed by atoms with Crippen LogP contribution in [0.1, 0.15) is 57.7 Å². The first-order chi connectivity index (χ1) is 14.5. The average molecular weight is 402 g/mol. The monoisotopic (exact) mass is 402 g/mol. The van der Waals surface area contributed by atoms with Gasteiger partial charge in [-0.1, -0.05) is 19.1 Å². The molecule has 6 heteroatoms. The summed E-state index contributed by atoms with van der Waals surface area (Å²) in [6.45, 7) is 2.00. The first-order valence-corrected chi connectivity index (χ1v) is 9.85. The molecule has 4 rings (SSSR count). The van der Waals surface area contributed by atoms with E-state index in [4.69, 9.17) is 15.2 Å². The Labute approximate surface area is 174 Å². The fraction of sp³-hybridized carbons (Fsp3) is 0.208. The zero-order valence-corrected chi connectivity index (χ0v) is 16.6. The van der Waals surface area contributed by atoms with Crippen LogP contribution in [-0.2, 0) is 0 Å². The van der Waals surface area contributed by atoms with Crippen molar-refractivity contribution in [2.24, 2.45) is 5.73 Å². The van der Waals surface area contributed by atoms with E-state index in [9.17, 15) is 9.59 Å². The summed E-state index contributed by atoms with van der Waals surface area (Å²) in [5.41, 5.74) is 8.12. The van der Waals surface area contributed by atoms with Crippen LogP contribution in [0.2, 0.25) is 0 Å². The Kier molecular flexibility index (Phi) is 5.48. The highest BCUT2D eigenvalue weighted by atomic mass is 16.5. The molecule has 2 unspecified atom stereocenters. The number of Topliss-reactive ketones (excluding diaryl/α,β-unsaturated/α-hetero) is 1. The summed E-state index contributed by atoms with van der Waals surface area (Å²) in [6.07, 6.45) is 4.01. The van der Waals surface area contributed by atoms with Crippen molar-refractivity contribution in [3.63, 3.8) is 0 Å². The number of primary amides is 1. The quantitative estimate of drug-likeness (QED) is 0.670. The molecule has 3 aromatic rings. The van der Waals surface area contributed by atoms with E-state index < -0.39 is 12.0 Å². The van der Waals surface area contributed by atoms with Crippen molar-refractivity contribution in [2.45, 2.75) is 32.0 Å². The van der Waals surface area contributed by atoms with Gasteiger partial charge in [-0.3, -0.25) is 14.6 Å². The molecule has 0 spiro atoms. The predicted octanol–water partition coefficient (Wildman–Crippen LogP) is 4.09. The molecular formula is C24H22N2O4. The van der Waals surface area contributed by atoms with Crippen LogP contribution < -0.4 is 15.2 Å². The minimum absolute atomic E-state index is 0.0855. The van der Waals surface area contributed by atoms with Crippen LogP contribution in [0.4, 0.5) is 0 Å². The van der Waals surface area contributed by atoms with Gasteiger partial charge in [0.2, 0.25) is 5.91 Å². The number of hydrogen-bond acceptors (Lipinski definition) is 5. The van der Waals surface area contributed by atoms with Gasteiger partial charge < -0.3 is 15.2 Å². The minimum atomic E-state index is -0.482. The normalized spacial score (nSPS) is 16.3. The lowest BCUT2D eigenvalue weighted by Crippen LogP contribution is -2.26. The van der Waals surface area contributed by atoms with Crippen LogP contribution in [-0.4, -0.2) is 22.8 Å². The first kappa shape index (κ1) is 19.6. The molecule has 1 aliphatic rings. The number of carbonyl (C=O) groups is 2. The lowest BCUT2D eigenvalue weighted by atomic mass is 9.99. The van der Waals surface area contributed by atoms with Crippen LogP contribution >= 0.6 is 0 Å². The summed E-state index contributed by atoms with van der Waals surface area (Å²) in [7, 11) is 0. The maximum atomic E-state index is 12.4. The van der Waals surface area contributed by atoms with Crippen molar-refractivity contribution in [2.75, 3.05) is 0 Å². The van der Waals surface area contributed by atoms with E-state index in [1.165, 1.54) is 0 Å². The number of hydrogen-bond donors (Lipinski definition) is 1. The largest absolute Gasteiger partial charge is 0.489 e. The second kappa shape index (κ2) is 8.37. The average Bonchev–Trinajstić information content (AvgIpc) is 2.77. The van der Waals surface area contributed by atoms with Crippen LogP contribution in [0.15, 0.2) is 67.0 Å². The number of benzene rings is 2. The number of ether oxygens (including phenoxy) is 2. The van der Waals surface area contributed by atoms with Gasteiger partial charge in [-0.25, -0.2) is 0 Å². The van der Waals surface area contributed by atoms with Gasteiger partial charge in [0.15, 0.2) is 5.78 Å². The van der Waals surface area contributed by atoms with E-state index >= 15 is 0 Å². The Morgan fingerprint density at radius 3 is 2.50 bits per heavy atom. The third-order valence-corrected chi connectivity index (χ3v) is 5.18. The highest BCUT2D eigenvalue weighted by molar-refractivity contribution is 6.00. The van der Waals surface area contributed by atoms with Gasteiger partial charge in [0.25, 0.3) is 0 Å². The van der Waals surface area contributed by atoms with Gasteiger partial charge in [0, 0.05) is 30.4 Å². The number of pyridine rings is 1. The fourth-order valence-electron chi connectivity index (χ4n) is 3.49. The zero-order chi connectivity index (χ0) is 21.1. The number of fused-ring (bicyclic) bond motifs is 1. The smallest absolute Gasteiger partial charge is 0.248 e. The summed E-state index contributed by atoms with van der Waals surface area (Å²) in [5.74, 6) is 0.736. The Balaban J connectivity index is 1.67. The van der Waals surface area contributed by atoms with Crippen molar-refractivity contribution >= 4 is 11.7 Å². The van der Waals surface area contributed by atoms with Crippen molar-refractivity contribution < 1.29 is 19.1 Å². The van der Waals surface area contributed by atoms with Gasteiger partial charge in [-0.15, -0.1) is 0 Å². The van der Waals surface area contributed by atoms with Crippen molar-refractivity contribution in [3.05, 3.63) is 89.2 Å². The molecule has 2 heterocycles. The highest BCUT2D eigenvalue weighted by Crippen LogP contribution is 2.35. The maximum Gasteiger partial charge on any atom is 0.248 e. The molecule has 1 aliphatic heterocycles. The molecule has 0 fully saturated rings. The van der Waals surface area contributed by atoms with Crippen molar-refractivity contribution in [1.29, 1.82) is 0 Å². The Bertz CT molecular complexity index is 1060. The molecule has 6 nitrogen and oxygen atoms in total. The molecule has 0 bridgehead atoms. The van der Waals surface area contributed by atoms with E-state index in [0.717, 1.165) is 17.5 Å². The number of aromatic nitrogens is 1. The zero-order valence-electron chi connectivity index (χ0n) is 16.6. The van der Waals surface area contributed by atoms with E-state index in [0.29, 0.717) is 29.0 Å². The molecule has 0 aliphatic carbocycles. The van der Waals surface area contributed by atoms with Crippen LogP contribution in [0.25, 0.3) is 0 Å². The molecule has 0 saturated carbocycles. The van der Waals surface area contributed by atoms with Gasteiger partial charge in [-0.2, -0.15) is 0 Å². The van der Waals surface area contributed by atoms with E-state index in [1.54, 1.807) is 42.7 Å². The number of ketones is 1. The number of rotatable bonds is 6. The number of amides is 1. The van der Waals surface area contributed by atoms with E-state index in [-0.39, 0.29) is 11.9 Å². The second-order valence-corrected chi connectivity index (χ2v) is 7.20. The second-order valence-electron chi connectivity index (χ2n) is 7.20. The number of nitrogens with zero attached hydrogens (tertiary/aromatic N) is 1. The van der Waals surface area contributed by atoms with Crippen molar-refractivity contribution in [3.8, 4) is 11.5 Å². The molecule has 152 valence electrons. The lowest BCUT2D eigenvalue weighted by molar-refractivity contribution is 0.0844. The molecule has 2 atom stereocenters. The molecular weight excluding hydrogens is 380 g/mol. The number of carbonyl (C=O) groups excluding carboxylic acids is 2. The Morgan fingerprint density at radius 1 is 1.13 bits per heavy atom. The highest BCUT2D eigenvalue weighted by Gasteiger charge is 2.26.